The minimum Gasteiger partial charge on any atom is -0.344 e. The molecule has 0 aliphatic heterocycles. The summed E-state index contributed by atoms with van der Waals surface area (Å²) >= 11 is 0. The largest absolute Gasteiger partial charge is 0.344 e. The summed E-state index contributed by atoms with van der Waals surface area (Å²) in [6.07, 6.45) is 1.02. The molecule has 0 fully saturated rings. The summed E-state index contributed by atoms with van der Waals surface area (Å²) in [4.78, 5) is 9.42. The minimum absolute atomic E-state index is 0.284. The second kappa shape index (κ2) is 8.09. The maximum absolute atomic E-state index is 4.85. The van der Waals surface area contributed by atoms with E-state index in [0.29, 0.717) is 5.92 Å². The highest BCUT2D eigenvalue weighted by Gasteiger charge is 2.07. The first-order valence-electron chi connectivity index (χ1n) is 8.74. The van der Waals surface area contributed by atoms with E-state index in [1.807, 2.05) is 6.92 Å². The smallest absolute Gasteiger partial charge is 0.0978 e. The molecule has 0 unspecified atom stereocenters. The van der Waals surface area contributed by atoms with E-state index >= 15 is 0 Å². The van der Waals surface area contributed by atoms with Crippen molar-refractivity contribution in [3.05, 3.63) is 36.4 Å². The van der Waals surface area contributed by atoms with E-state index in [1.54, 1.807) is 0 Å². The van der Waals surface area contributed by atoms with Crippen molar-refractivity contribution >= 4 is 33.7 Å². The third kappa shape index (κ3) is 4.92. The van der Waals surface area contributed by atoms with Crippen molar-refractivity contribution in [3.63, 3.8) is 0 Å². The van der Waals surface area contributed by atoms with E-state index in [-0.39, 0.29) is 6.04 Å². The molecule has 128 valence electrons. The number of anilines is 1. The van der Waals surface area contributed by atoms with Crippen LogP contribution < -0.4 is 5.32 Å². The first kappa shape index (κ1) is 18.2. The van der Waals surface area contributed by atoms with Gasteiger partial charge in [-0.1, -0.05) is 38.1 Å². The van der Waals surface area contributed by atoms with Gasteiger partial charge in [-0.2, -0.15) is 0 Å². The molecule has 2 aromatic rings. The molecule has 0 bridgehead atoms. The molecule has 1 N–H and O–H groups in total. The lowest BCUT2D eigenvalue weighted by molar-refractivity contribution is 0.682. The number of nitrogens with zero attached hydrogens (tertiary/aromatic N) is 2. The summed E-state index contributed by atoms with van der Waals surface area (Å²) in [5.74, 6) is 1.55. The zero-order chi connectivity index (χ0) is 17.7. The van der Waals surface area contributed by atoms with Crippen molar-refractivity contribution in [2.45, 2.75) is 54.0 Å². The van der Waals surface area contributed by atoms with Crippen molar-refractivity contribution in [3.8, 4) is 0 Å². The van der Waals surface area contributed by atoms with E-state index in [0.717, 1.165) is 23.6 Å². The van der Waals surface area contributed by atoms with Gasteiger partial charge in [-0.3, -0.25) is 9.98 Å². The van der Waals surface area contributed by atoms with Crippen LogP contribution in [0.2, 0.25) is 0 Å². The molecule has 0 aliphatic rings. The van der Waals surface area contributed by atoms with Crippen LogP contribution in [-0.2, 0) is 0 Å². The Kier molecular flexibility index (Phi) is 6.13. The van der Waals surface area contributed by atoms with E-state index < -0.39 is 0 Å². The Morgan fingerprint density at radius 3 is 2.25 bits per heavy atom. The molecule has 2 rings (SSSR count). The minimum atomic E-state index is 0.284. The fourth-order valence-corrected chi connectivity index (χ4v) is 2.95. The molecule has 3 heteroatoms. The topological polar surface area (TPSA) is 36.8 Å². The van der Waals surface area contributed by atoms with Crippen molar-refractivity contribution in [1.82, 2.24) is 0 Å². The Hall–Kier alpha value is -2.16. The molecule has 0 saturated heterocycles. The number of aliphatic imine (C=N–C) groups is 2. The molecular formula is C21H29N3. The van der Waals surface area contributed by atoms with E-state index in [4.69, 9.17) is 4.99 Å². The molecule has 0 heterocycles. The number of hydrogen-bond acceptors (Lipinski definition) is 2. The van der Waals surface area contributed by atoms with Crippen molar-refractivity contribution in [2.75, 3.05) is 5.32 Å². The zero-order valence-electron chi connectivity index (χ0n) is 15.7. The molecule has 0 radical (unpaired) electrons. The Morgan fingerprint density at radius 2 is 1.62 bits per heavy atom. The summed E-state index contributed by atoms with van der Waals surface area (Å²) in [7, 11) is 0. The molecule has 3 nitrogen and oxygen atoms in total. The highest BCUT2D eigenvalue weighted by molar-refractivity contribution is 6.07. The first-order valence-corrected chi connectivity index (χ1v) is 8.74. The molecule has 0 spiro atoms. The van der Waals surface area contributed by atoms with Crippen molar-refractivity contribution in [2.24, 2.45) is 15.9 Å². The molecule has 0 saturated carbocycles. The van der Waals surface area contributed by atoms with Gasteiger partial charge in [0.25, 0.3) is 0 Å². The monoisotopic (exact) mass is 323 g/mol. The second-order valence-electron chi connectivity index (χ2n) is 7.06. The van der Waals surface area contributed by atoms with E-state index in [2.05, 4.69) is 81.3 Å². The van der Waals surface area contributed by atoms with Gasteiger partial charge < -0.3 is 5.32 Å². The third-order valence-corrected chi connectivity index (χ3v) is 3.68. The lowest BCUT2D eigenvalue weighted by Crippen LogP contribution is -2.10. The second-order valence-corrected chi connectivity index (χ2v) is 7.06. The molecular weight excluding hydrogens is 294 g/mol. The molecule has 0 amide bonds. The molecule has 0 atom stereocenters. The van der Waals surface area contributed by atoms with Crippen LogP contribution in [0.5, 0.6) is 0 Å². The molecule has 0 aliphatic carbocycles. The first-order chi connectivity index (χ1) is 11.4. The third-order valence-electron chi connectivity index (χ3n) is 3.68. The van der Waals surface area contributed by atoms with Crippen LogP contribution >= 0.6 is 0 Å². The van der Waals surface area contributed by atoms with Crippen LogP contribution in [0.15, 0.2) is 46.4 Å². The average molecular weight is 323 g/mol. The SMILES string of the molecule is CC(CC(C)C)=Nc1ccc(NC(C)=NC(C)C)c2ccccc12. The van der Waals surface area contributed by atoms with Gasteiger partial charge in [0.05, 0.1) is 11.5 Å². The van der Waals surface area contributed by atoms with Crippen LogP contribution in [0.1, 0.15) is 48.0 Å². The fourth-order valence-electron chi connectivity index (χ4n) is 2.95. The fraction of sp³-hybridized carbons (Fsp3) is 0.429. The number of benzene rings is 2. The quantitative estimate of drug-likeness (QED) is 0.515. The number of nitrogens with one attached hydrogen (secondary N) is 1. The molecule has 0 aromatic heterocycles. The maximum Gasteiger partial charge on any atom is 0.0978 e. The number of amidine groups is 1. The van der Waals surface area contributed by atoms with Gasteiger partial charge in [0, 0.05) is 28.2 Å². The predicted molar refractivity (Wildman–Crippen MR) is 108 cm³/mol. The van der Waals surface area contributed by atoms with Gasteiger partial charge in [0.15, 0.2) is 0 Å². The van der Waals surface area contributed by atoms with Crippen LogP contribution in [0.4, 0.5) is 11.4 Å². The van der Waals surface area contributed by atoms with E-state index in [9.17, 15) is 0 Å². The summed E-state index contributed by atoms with van der Waals surface area (Å²) in [6, 6.07) is 12.9. The van der Waals surface area contributed by atoms with Gasteiger partial charge in [-0.25, -0.2) is 0 Å². The Bertz CT molecular complexity index is 755. The van der Waals surface area contributed by atoms with Crippen molar-refractivity contribution < 1.29 is 0 Å². The van der Waals surface area contributed by atoms with Crippen molar-refractivity contribution in [1.29, 1.82) is 0 Å². The standard InChI is InChI=1S/C21H29N3/c1-14(2)13-16(5)23-20-11-12-21(24-17(6)22-15(3)4)19-10-8-7-9-18(19)20/h7-12,14-15H,13H2,1-6H3,(H,22,24). The average Bonchev–Trinajstić information content (AvgIpc) is 2.48. The lowest BCUT2D eigenvalue weighted by Gasteiger charge is -2.13. The Balaban J connectivity index is 2.43. The van der Waals surface area contributed by atoms with Gasteiger partial charge in [0.2, 0.25) is 0 Å². The van der Waals surface area contributed by atoms with Gasteiger partial charge in [-0.15, -0.1) is 0 Å². The van der Waals surface area contributed by atoms with Gasteiger partial charge >= 0.3 is 0 Å². The van der Waals surface area contributed by atoms with Crippen LogP contribution in [-0.4, -0.2) is 17.6 Å². The molecule has 2 aromatic carbocycles. The summed E-state index contributed by atoms with van der Waals surface area (Å²) in [5.41, 5.74) is 3.29. The van der Waals surface area contributed by atoms with Gasteiger partial charge in [0.1, 0.15) is 0 Å². The highest BCUT2D eigenvalue weighted by atomic mass is 15.0. The Morgan fingerprint density at radius 1 is 0.958 bits per heavy atom. The normalized spacial score (nSPS) is 13.2. The predicted octanol–water partition coefficient (Wildman–Crippen LogP) is 6.22. The number of hydrogen-bond donors (Lipinski definition) is 1. The highest BCUT2D eigenvalue weighted by Crippen LogP contribution is 2.32. The number of fused-ring (bicyclic) bond motifs is 1. The summed E-state index contributed by atoms with van der Waals surface area (Å²) < 4.78 is 0. The molecule has 24 heavy (non-hydrogen) atoms. The lowest BCUT2D eigenvalue weighted by atomic mass is 10.1. The summed E-state index contributed by atoms with van der Waals surface area (Å²) in [6.45, 7) is 12.7. The van der Waals surface area contributed by atoms with Crippen LogP contribution in [0, 0.1) is 5.92 Å². The number of rotatable bonds is 5. The Labute approximate surface area is 145 Å². The van der Waals surface area contributed by atoms with Crippen LogP contribution in [0.3, 0.4) is 0 Å². The summed E-state index contributed by atoms with van der Waals surface area (Å²) in [5, 5.41) is 5.78. The zero-order valence-corrected chi connectivity index (χ0v) is 15.7. The van der Waals surface area contributed by atoms with Gasteiger partial charge in [-0.05, 0) is 52.2 Å². The van der Waals surface area contributed by atoms with E-state index in [1.165, 1.54) is 16.5 Å². The van der Waals surface area contributed by atoms with Crippen LogP contribution in [0.25, 0.3) is 10.8 Å². The maximum atomic E-state index is 4.85.